The number of hydrogen-bond acceptors (Lipinski definition) is 3. The number of pyridine rings is 1. The summed E-state index contributed by atoms with van der Waals surface area (Å²) >= 11 is 6.21. The highest BCUT2D eigenvalue weighted by molar-refractivity contribution is 6.32. The predicted molar refractivity (Wildman–Crippen MR) is 80.4 cm³/mol. The van der Waals surface area contributed by atoms with Crippen LogP contribution in [0.2, 0.25) is 5.02 Å². The number of hydrogen-bond donors (Lipinski definition) is 1. The largest absolute Gasteiger partial charge is 0.454 e. The third-order valence-electron chi connectivity index (χ3n) is 3.34. The third kappa shape index (κ3) is 3.30. The normalized spacial score (nSPS) is 14.3. The van der Waals surface area contributed by atoms with Crippen LogP contribution in [-0.4, -0.2) is 11.0 Å². The summed E-state index contributed by atoms with van der Waals surface area (Å²) in [6.07, 6.45) is 6.06. The van der Waals surface area contributed by atoms with Crippen molar-refractivity contribution >= 4 is 11.6 Å². The number of aromatic nitrogens is 1. The lowest BCUT2D eigenvalue weighted by Gasteiger charge is -2.12. The summed E-state index contributed by atoms with van der Waals surface area (Å²) in [6, 6.07) is 8.42. The van der Waals surface area contributed by atoms with Gasteiger partial charge in [0.05, 0.1) is 11.2 Å². The van der Waals surface area contributed by atoms with E-state index in [0.717, 1.165) is 23.4 Å². The second-order valence-corrected chi connectivity index (χ2v) is 5.58. The van der Waals surface area contributed by atoms with Crippen LogP contribution in [0.1, 0.15) is 24.0 Å². The molecule has 1 heterocycles. The lowest BCUT2D eigenvalue weighted by Crippen LogP contribution is -2.15. The maximum Gasteiger partial charge on any atom is 0.150 e. The van der Waals surface area contributed by atoms with Crippen LogP contribution in [-0.2, 0) is 6.54 Å². The summed E-state index contributed by atoms with van der Waals surface area (Å²) in [5.41, 5.74) is 2.22. The standard InChI is InChI=1S/C16H17ClN2O/c1-11-2-5-15(14(17)8-11)20-16-10-18-7-6-12(16)9-19-13-3-4-13/h2,5-8,10,13,19H,3-4,9H2,1H3. The zero-order chi connectivity index (χ0) is 13.9. The van der Waals surface area contributed by atoms with E-state index >= 15 is 0 Å². The molecule has 1 N–H and O–H groups in total. The molecule has 0 radical (unpaired) electrons. The van der Waals surface area contributed by atoms with Gasteiger partial charge >= 0.3 is 0 Å². The topological polar surface area (TPSA) is 34.1 Å². The first kappa shape index (κ1) is 13.4. The van der Waals surface area contributed by atoms with Gasteiger partial charge < -0.3 is 10.1 Å². The van der Waals surface area contributed by atoms with E-state index in [1.807, 2.05) is 31.2 Å². The van der Waals surface area contributed by atoms with Crippen molar-refractivity contribution in [3.8, 4) is 11.5 Å². The van der Waals surface area contributed by atoms with Crippen molar-refractivity contribution in [2.75, 3.05) is 0 Å². The Morgan fingerprint density at radius 2 is 2.15 bits per heavy atom. The first-order chi connectivity index (χ1) is 9.72. The lowest BCUT2D eigenvalue weighted by molar-refractivity contribution is 0.470. The Kier molecular flexibility index (Phi) is 3.90. The van der Waals surface area contributed by atoms with Crippen molar-refractivity contribution in [1.29, 1.82) is 0 Å². The molecule has 0 spiro atoms. The molecule has 2 aromatic rings. The highest BCUT2D eigenvalue weighted by Gasteiger charge is 2.20. The van der Waals surface area contributed by atoms with Gasteiger partial charge in [0.2, 0.25) is 0 Å². The van der Waals surface area contributed by atoms with E-state index in [1.165, 1.54) is 12.8 Å². The third-order valence-corrected chi connectivity index (χ3v) is 3.63. The molecule has 0 saturated heterocycles. The van der Waals surface area contributed by atoms with E-state index in [1.54, 1.807) is 12.4 Å². The molecule has 1 aromatic heterocycles. The fraction of sp³-hybridized carbons (Fsp3) is 0.312. The molecule has 0 amide bonds. The summed E-state index contributed by atoms with van der Waals surface area (Å²) in [6.45, 7) is 2.80. The molecular formula is C16H17ClN2O. The number of aryl methyl sites for hydroxylation is 1. The molecule has 0 unspecified atom stereocenters. The summed E-state index contributed by atoms with van der Waals surface area (Å²) in [4.78, 5) is 4.14. The van der Waals surface area contributed by atoms with E-state index in [0.29, 0.717) is 16.8 Å². The smallest absolute Gasteiger partial charge is 0.150 e. The quantitative estimate of drug-likeness (QED) is 0.900. The van der Waals surface area contributed by atoms with Gasteiger partial charge in [-0.25, -0.2) is 0 Å². The average Bonchev–Trinajstić information content (AvgIpc) is 3.25. The van der Waals surface area contributed by atoms with Crippen LogP contribution in [0.4, 0.5) is 0 Å². The first-order valence-corrected chi connectivity index (χ1v) is 7.20. The molecule has 0 bridgehead atoms. The Morgan fingerprint density at radius 1 is 1.30 bits per heavy atom. The molecule has 1 aromatic carbocycles. The van der Waals surface area contributed by atoms with Crippen LogP contribution < -0.4 is 10.1 Å². The van der Waals surface area contributed by atoms with E-state index < -0.39 is 0 Å². The maximum absolute atomic E-state index is 6.21. The van der Waals surface area contributed by atoms with Crippen molar-refractivity contribution < 1.29 is 4.74 Å². The second-order valence-electron chi connectivity index (χ2n) is 5.17. The fourth-order valence-corrected chi connectivity index (χ4v) is 2.27. The summed E-state index contributed by atoms with van der Waals surface area (Å²) in [5.74, 6) is 1.42. The second kappa shape index (κ2) is 5.81. The molecule has 1 aliphatic carbocycles. The monoisotopic (exact) mass is 288 g/mol. The Hall–Kier alpha value is -1.58. The Labute approximate surface area is 123 Å². The average molecular weight is 289 g/mol. The maximum atomic E-state index is 6.21. The molecule has 1 fully saturated rings. The van der Waals surface area contributed by atoms with E-state index in [9.17, 15) is 0 Å². The van der Waals surface area contributed by atoms with E-state index in [4.69, 9.17) is 16.3 Å². The summed E-state index contributed by atoms with van der Waals surface area (Å²) in [5, 5.41) is 4.10. The van der Waals surface area contributed by atoms with Crippen LogP contribution in [0.3, 0.4) is 0 Å². The van der Waals surface area contributed by atoms with Gasteiger partial charge in [0.1, 0.15) is 11.5 Å². The Bertz CT molecular complexity index is 611. The van der Waals surface area contributed by atoms with Crippen LogP contribution in [0.5, 0.6) is 11.5 Å². The number of benzene rings is 1. The number of halogens is 1. The van der Waals surface area contributed by atoms with Gasteiger partial charge in [0.25, 0.3) is 0 Å². The Morgan fingerprint density at radius 3 is 2.90 bits per heavy atom. The van der Waals surface area contributed by atoms with Crippen molar-refractivity contribution in [2.45, 2.75) is 32.4 Å². The zero-order valence-electron chi connectivity index (χ0n) is 11.4. The molecule has 0 atom stereocenters. The minimum atomic E-state index is 0.620. The predicted octanol–water partition coefficient (Wildman–Crippen LogP) is 4.09. The summed E-state index contributed by atoms with van der Waals surface area (Å²) in [7, 11) is 0. The van der Waals surface area contributed by atoms with Crippen LogP contribution in [0.15, 0.2) is 36.7 Å². The molecule has 104 valence electrons. The molecular weight excluding hydrogens is 272 g/mol. The highest BCUT2D eigenvalue weighted by Crippen LogP contribution is 2.31. The van der Waals surface area contributed by atoms with Gasteiger partial charge in [0, 0.05) is 24.3 Å². The summed E-state index contributed by atoms with van der Waals surface area (Å²) < 4.78 is 5.91. The highest BCUT2D eigenvalue weighted by atomic mass is 35.5. The molecule has 1 aliphatic rings. The van der Waals surface area contributed by atoms with Gasteiger partial charge in [-0.15, -0.1) is 0 Å². The van der Waals surface area contributed by atoms with Gasteiger partial charge in [0.15, 0.2) is 0 Å². The van der Waals surface area contributed by atoms with Gasteiger partial charge in [-0.2, -0.15) is 0 Å². The molecule has 0 aliphatic heterocycles. The molecule has 1 saturated carbocycles. The fourth-order valence-electron chi connectivity index (χ4n) is 2.00. The molecule has 3 nitrogen and oxygen atoms in total. The lowest BCUT2D eigenvalue weighted by atomic mass is 10.2. The Balaban J connectivity index is 1.78. The van der Waals surface area contributed by atoms with Crippen molar-refractivity contribution in [1.82, 2.24) is 10.3 Å². The number of nitrogens with one attached hydrogen (secondary N) is 1. The number of nitrogens with zero attached hydrogens (tertiary/aromatic N) is 1. The van der Waals surface area contributed by atoms with Gasteiger partial charge in [-0.3, -0.25) is 4.98 Å². The minimum absolute atomic E-state index is 0.620. The minimum Gasteiger partial charge on any atom is -0.454 e. The van der Waals surface area contributed by atoms with E-state index in [-0.39, 0.29) is 0 Å². The van der Waals surface area contributed by atoms with Crippen molar-refractivity contribution in [3.05, 3.63) is 52.8 Å². The van der Waals surface area contributed by atoms with Crippen LogP contribution in [0.25, 0.3) is 0 Å². The van der Waals surface area contributed by atoms with E-state index in [2.05, 4.69) is 10.3 Å². The number of rotatable bonds is 5. The molecule has 20 heavy (non-hydrogen) atoms. The van der Waals surface area contributed by atoms with Crippen molar-refractivity contribution in [3.63, 3.8) is 0 Å². The van der Waals surface area contributed by atoms with Gasteiger partial charge in [-0.05, 0) is 43.5 Å². The number of ether oxygens (including phenoxy) is 1. The zero-order valence-corrected chi connectivity index (χ0v) is 12.2. The molecule has 3 rings (SSSR count). The molecule has 4 heteroatoms. The van der Waals surface area contributed by atoms with Crippen molar-refractivity contribution in [2.24, 2.45) is 0 Å². The SMILES string of the molecule is Cc1ccc(Oc2cnccc2CNC2CC2)c(Cl)c1. The first-order valence-electron chi connectivity index (χ1n) is 6.82. The van der Waals surface area contributed by atoms with Gasteiger partial charge in [-0.1, -0.05) is 17.7 Å². The van der Waals surface area contributed by atoms with Crippen LogP contribution >= 0.6 is 11.6 Å². The van der Waals surface area contributed by atoms with Crippen LogP contribution in [0, 0.1) is 6.92 Å².